The van der Waals surface area contributed by atoms with E-state index < -0.39 is 0 Å². The highest BCUT2D eigenvalue weighted by molar-refractivity contribution is 5.78. The fourth-order valence-electron chi connectivity index (χ4n) is 3.88. The normalized spacial score (nSPS) is 15.2. The topological polar surface area (TPSA) is 64.7 Å². The van der Waals surface area contributed by atoms with Gasteiger partial charge in [-0.1, -0.05) is 60.7 Å². The molecule has 0 aromatic heterocycles. The molecule has 0 atom stereocenters. The molecule has 0 spiro atoms. The Labute approximate surface area is 185 Å². The Bertz CT molecular complexity index is 778. The number of hydrogen-bond acceptors (Lipinski definition) is 4. The van der Waals surface area contributed by atoms with Crippen LogP contribution in [0.1, 0.15) is 37.4 Å². The lowest BCUT2D eigenvalue weighted by Gasteiger charge is -2.34. The number of benzene rings is 2. The number of carbonyl (C=O) groups is 2. The third-order valence-corrected chi connectivity index (χ3v) is 5.51. The molecule has 1 aliphatic rings. The molecule has 1 fully saturated rings. The highest BCUT2D eigenvalue weighted by atomic mass is 16.2. The van der Waals surface area contributed by atoms with E-state index in [2.05, 4.69) is 20.4 Å². The second kappa shape index (κ2) is 11.6. The van der Waals surface area contributed by atoms with Crippen molar-refractivity contribution in [2.45, 2.75) is 32.4 Å². The maximum atomic E-state index is 12.8. The molecule has 6 heteroatoms. The number of nitrogens with one attached hydrogen (secondary N) is 2. The Kier molecular flexibility index (Phi) is 8.62. The summed E-state index contributed by atoms with van der Waals surface area (Å²) >= 11 is 0. The van der Waals surface area contributed by atoms with Crippen LogP contribution in [-0.4, -0.2) is 66.9 Å². The molecule has 1 heterocycles. The van der Waals surface area contributed by atoms with Crippen molar-refractivity contribution >= 4 is 11.8 Å². The van der Waals surface area contributed by atoms with Crippen LogP contribution in [0.2, 0.25) is 0 Å². The number of carbonyl (C=O) groups excluding carboxylic acids is 2. The van der Waals surface area contributed by atoms with Crippen molar-refractivity contribution < 1.29 is 9.59 Å². The van der Waals surface area contributed by atoms with Crippen molar-refractivity contribution in [1.29, 1.82) is 0 Å². The number of rotatable bonds is 9. The van der Waals surface area contributed by atoms with Crippen molar-refractivity contribution in [3.63, 3.8) is 0 Å². The molecule has 3 rings (SSSR count). The minimum absolute atomic E-state index is 0.0523. The zero-order valence-corrected chi connectivity index (χ0v) is 18.6. The number of amides is 2. The summed E-state index contributed by atoms with van der Waals surface area (Å²) in [4.78, 5) is 29.2. The standard InChI is InChI=1S/C25H34N4O2/c1-20(2)26-24(31)19-29-17-15-28(16-18-29)14-13-23(30)27-25(21-9-5-3-6-10-21)22-11-7-4-8-12-22/h3-12,20,25H,13-19H2,1-2H3,(H,26,31)(H,27,30). The summed E-state index contributed by atoms with van der Waals surface area (Å²) in [6.07, 6.45) is 0.462. The summed E-state index contributed by atoms with van der Waals surface area (Å²) in [6, 6.07) is 20.2. The van der Waals surface area contributed by atoms with Crippen LogP contribution in [0.5, 0.6) is 0 Å². The molecular formula is C25H34N4O2. The molecule has 166 valence electrons. The molecule has 2 aromatic rings. The highest BCUT2D eigenvalue weighted by Crippen LogP contribution is 2.21. The first kappa shape index (κ1) is 23.0. The second-order valence-corrected chi connectivity index (χ2v) is 8.41. The molecule has 1 aliphatic heterocycles. The molecule has 2 amide bonds. The average molecular weight is 423 g/mol. The predicted molar refractivity (Wildman–Crippen MR) is 124 cm³/mol. The van der Waals surface area contributed by atoms with Gasteiger partial charge in [-0.2, -0.15) is 0 Å². The van der Waals surface area contributed by atoms with E-state index in [9.17, 15) is 9.59 Å². The minimum Gasteiger partial charge on any atom is -0.353 e. The quantitative estimate of drug-likeness (QED) is 0.652. The Hall–Kier alpha value is -2.70. The van der Waals surface area contributed by atoms with E-state index in [4.69, 9.17) is 0 Å². The lowest BCUT2D eigenvalue weighted by molar-refractivity contribution is -0.123. The lowest BCUT2D eigenvalue weighted by atomic mass is 9.98. The second-order valence-electron chi connectivity index (χ2n) is 8.41. The number of nitrogens with zero attached hydrogens (tertiary/aromatic N) is 2. The van der Waals surface area contributed by atoms with Crippen LogP contribution in [0, 0.1) is 0 Å². The zero-order valence-electron chi connectivity index (χ0n) is 18.6. The number of hydrogen-bond donors (Lipinski definition) is 2. The van der Waals surface area contributed by atoms with Gasteiger partial charge in [-0.05, 0) is 25.0 Å². The fraction of sp³-hybridized carbons (Fsp3) is 0.440. The summed E-state index contributed by atoms with van der Waals surface area (Å²) in [5.41, 5.74) is 2.16. The van der Waals surface area contributed by atoms with Gasteiger partial charge >= 0.3 is 0 Å². The highest BCUT2D eigenvalue weighted by Gasteiger charge is 2.21. The minimum atomic E-state index is -0.147. The average Bonchev–Trinajstić information content (AvgIpc) is 2.77. The molecule has 6 nitrogen and oxygen atoms in total. The Morgan fingerprint density at radius 2 is 1.29 bits per heavy atom. The maximum Gasteiger partial charge on any atom is 0.234 e. The first-order chi connectivity index (χ1) is 15.0. The van der Waals surface area contributed by atoms with E-state index in [1.54, 1.807) is 0 Å². The van der Waals surface area contributed by atoms with Crippen LogP contribution in [0.15, 0.2) is 60.7 Å². The molecule has 2 N–H and O–H groups in total. The molecule has 0 unspecified atom stereocenters. The molecule has 0 aliphatic carbocycles. The van der Waals surface area contributed by atoms with Crippen LogP contribution in [0.25, 0.3) is 0 Å². The molecular weight excluding hydrogens is 388 g/mol. The largest absolute Gasteiger partial charge is 0.353 e. The summed E-state index contributed by atoms with van der Waals surface area (Å²) in [5, 5.41) is 6.15. The molecule has 31 heavy (non-hydrogen) atoms. The van der Waals surface area contributed by atoms with Gasteiger partial charge in [-0.3, -0.25) is 14.5 Å². The predicted octanol–water partition coefficient (Wildman–Crippen LogP) is 2.42. The van der Waals surface area contributed by atoms with E-state index >= 15 is 0 Å². The van der Waals surface area contributed by atoms with Gasteiger partial charge in [0.15, 0.2) is 0 Å². The molecule has 0 saturated carbocycles. The zero-order chi connectivity index (χ0) is 22.1. The van der Waals surface area contributed by atoms with Crippen molar-refractivity contribution in [2.75, 3.05) is 39.3 Å². The van der Waals surface area contributed by atoms with E-state index in [0.29, 0.717) is 13.0 Å². The van der Waals surface area contributed by atoms with Crippen molar-refractivity contribution in [2.24, 2.45) is 0 Å². The van der Waals surface area contributed by atoms with E-state index in [1.165, 1.54) is 0 Å². The summed E-state index contributed by atoms with van der Waals surface area (Å²) in [6.45, 7) is 8.58. The Morgan fingerprint density at radius 3 is 1.81 bits per heavy atom. The van der Waals surface area contributed by atoms with Gasteiger partial charge in [-0.25, -0.2) is 0 Å². The van der Waals surface area contributed by atoms with Crippen molar-refractivity contribution in [1.82, 2.24) is 20.4 Å². The SMILES string of the molecule is CC(C)NC(=O)CN1CCN(CCC(=O)NC(c2ccccc2)c2ccccc2)CC1. The fourth-order valence-corrected chi connectivity index (χ4v) is 3.88. The summed E-state index contributed by atoms with van der Waals surface area (Å²) in [7, 11) is 0. The van der Waals surface area contributed by atoms with Gasteiger partial charge in [0.05, 0.1) is 12.6 Å². The maximum absolute atomic E-state index is 12.8. The van der Waals surface area contributed by atoms with Crippen LogP contribution in [0.3, 0.4) is 0 Å². The first-order valence-corrected chi connectivity index (χ1v) is 11.1. The van der Waals surface area contributed by atoms with Crippen molar-refractivity contribution in [3.05, 3.63) is 71.8 Å². The number of piperazine rings is 1. The van der Waals surface area contributed by atoms with E-state index in [0.717, 1.165) is 43.9 Å². The van der Waals surface area contributed by atoms with E-state index in [-0.39, 0.29) is 23.9 Å². The Morgan fingerprint density at radius 1 is 0.774 bits per heavy atom. The summed E-state index contributed by atoms with van der Waals surface area (Å²) in [5.74, 6) is 0.132. The van der Waals surface area contributed by atoms with Crippen LogP contribution in [0.4, 0.5) is 0 Å². The third kappa shape index (κ3) is 7.49. The van der Waals surface area contributed by atoms with Crippen molar-refractivity contribution in [3.8, 4) is 0 Å². The molecule has 0 bridgehead atoms. The molecule has 0 radical (unpaired) electrons. The molecule has 2 aromatic carbocycles. The van der Waals surface area contributed by atoms with Gasteiger partial charge in [0, 0.05) is 45.2 Å². The van der Waals surface area contributed by atoms with Gasteiger partial charge in [0.1, 0.15) is 0 Å². The smallest absolute Gasteiger partial charge is 0.234 e. The van der Waals surface area contributed by atoms with Crippen LogP contribution >= 0.6 is 0 Å². The van der Waals surface area contributed by atoms with Crippen LogP contribution in [-0.2, 0) is 9.59 Å². The molecule has 1 saturated heterocycles. The summed E-state index contributed by atoms with van der Waals surface area (Å²) < 4.78 is 0. The van der Waals surface area contributed by atoms with Gasteiger partial charge in [0.2, 0.25) is 11.8 Å². The van der Waals surface area contributed by atoms with Gasteiger partial charge in [-0.15, -0.1) is 0 Å². The lowest BCUT2D eigenvalue weighted by Crippen LogP contribution is -2.50. The first-order valence-electron chi connectivity index (χ1n) is 11.1. The van der Waals surface area contributed by atoms with Crippen LogP contribution < -0.4 is 10.6 Å². The Balaban J connectivity index is 1.46. The van der Waals surface area contributed by atoms with Gasteiger partial charge in [0.25, 0.3) is 0 Å². The van der Waals surface area contributed by atoms with Gasteiger partial charge < -0.3 is 15.5 Å². The van der Waals surface area contributed by atoms with E-state index in [1.807, 2.05) is 74.5 Å². The monoisotopic (exact) mass is 422 g/mol. The third-order valence-electron chi connectivity index (χ3n) is 5.51.